The number of halogens is 1. The minimum Gasteiger partial charge on any atom is -0.395 e. The van der Waals surface area contributed by atoms with Crippen LogP contribution >= 0.6 is 11.8 Å². The second kappa shape index (κ2) is 7.33. The lowest BCUT2D eigenvalue weighted by molar-refractivity contribution is 0.300. The molecule has 0 spiro atoms. The molecular formula is C13H16FNOS. The van der Waals surface area contributed by atoms with Crippen molar-refractivity contribution in [3.05, 3.63) is 35.1 Å². The molecule has 0 heterocycles. The van der Waals surface area contributed by atoms with Gasteiger partial charge in [-0.2, -0.15) is 11.8 Å². The fourth-order valence-electron chi connectivity index (χ4n) is 1.25. The Balaban J connectivity index is 2.75. The first-order valence-electron chi connectivity index (χ1n) is 5.36. The van der Waals surface area contributed by atoms with Gasteiger partial charge in [0.1, 0.15) is 5.82 Å². The predicted octanol–water partition coefficient (Wildman–Crippen LogP) is 1.75. The zero-order valence-electron chi connectivity index (χ0n) is 9.74. The van der Waals surface area contributed by atoms with E-state index in [0.717, 1.165) is 5.56 Å². The van der Waals surface area contributed by atoms with E-state index in [0.29, 0.717) is 11.3 Å². The van der Waals surface area contributed by atoms with Gasteiger partial charge in [-0.15, -0.1) is 0 Å². The monoisotopic (exact) mass is 253 g/mol. The summed E-state index contributed by atoms with van der Waals surface area (Å²) in [5.74, 6) is 5.89. The van der Waals surface area contributed by atoms with Crippen LogP contribution in [-0.4, -0.2) is 23.5 Å². The highest BCUT2D eigenvalue weighted by Crippen LogP contribution is 2.19. The van der Waals surface area contributed by atoms with Crippen LogP contribution in [0.4, 0.5) is 4.39 Å². The standard InChI is InChI=1S/C13H16FNOS/c1-10(8-16)17-9-12-5-11(3-2-4-15)6-13(14)7-12/h5-7,10,16H,4,8-9,15H2,1H3. The van der Waals surface area contributed by atoms with Crippen LogP contribution in [0, 0.1) is 17.7 Å². The summed E-state index contributed by atoms with van der Waals surface area (Å²) in [6.45, 7) is 2.32. The van der Waals surface area contributed by atoms with Gasteiger partial charge < -0.3 is 10.8 Å². The number of hydrogen-bond acceptors (Lipinski definition) is 3. The van der Waals surface area contributed by atoms with Crippen LogP contribution in [-0.2, 0) is 5.75 Å². The summed E-state index contributed by atoms with van der Waals surface area (Å²) in [7, 11) is 0. The van der Waals surface area contributed by atoms with Gasteiger partial charge >= 0.3 is 0 Å². The van der Waals surface area contributed by atoms with E-state index in [1.165, 1.54) is 12.1 Å². The molecule has 92 valence electrons. The fraction of sp³-hybridized carbons (Fsp3) is 0.385. The number of rotatable bonds is 4. The third-order valence-electron chi connectivity index (χ3n) is 2.08. The fourth-order valence-corrected chi connectivity index (χ4v) is 2.00. The van der Waals surface area contributed by atoms with Crippen molar-refractivity contribution in [2.24, 2.45) is 5.73 Å². The zero-order chi connectivity index (χ0) is 12.7. The summed E-state index contributed by atoms with van der Waals surface area (Å²) in [5.41, 5.74) is 6.78. The Morgan fingerprint density at radius 1 is 1.47 bits per heavy atom. The average Bonchev–Trinajstić information content (AvgIpc) is 2.32. The number of nitrogens with two attached hydrogens (primary N) is 1. The number of benzene rings is 1. The summed E-state index contributed by atoms with van der Waals surface area (Å²) in [6, 6.07) is 4.74. The van der Waals surface area contributed by atoms with Crippen molar-refractivity contribution in [2.75, 3.05) is 13.2 Å². The zero-order valence-corrected chi connectivity index (χ0v) is 10.6. The Morgan fingerprint density at radius 3 is 2.88 bits per heavy atom. The predicted molar refractivity (Wildman–Crippen MR) is 70.2 cm³/mol. The van der Waals surface area contributed by atoms with Gasteiger partial charge in [0.25, 0.3) is 0 Å². The van der Waals surface area contributed by atoms with E-state index >= 15 is 0 Å². The molecule has 17 heavy (non-hydrogen) atoms. The van der Waals surface area contributed by atoms with Gasteiger partial charge in [-0.25, -0.2) is 4.39 Å². The Bertz CT molecular complexity index is 425. The molecule has 1 rings (SSSR count). The van der Waals surface area contributed by atoms with Crippen molar-refractivity contribution in [3.63, 3.8) is 0 Å². The first-order valence-corrected chi connectivity index (χ1v) is 6.41. The average molecular weight is 253 g/mol. The first-order chi connectivity index (χ1) is 8.15. The molecule has 0 radical (unpaired) electrons. The van der Waals surface area contributed by atoms with E-state index in [1.807, 2.05) is 13.0 Å². The van der Waals surface area contributed by atoms with Gasteiger partial charge in [0, 0.05) is 16.6 Å². The largest absolute Gasteiger partial charge is 0.395 e. The number of aliphatic hydroxyl groups is 1. The van der Waals surface area contributed by atoms with E-state index in [-0.39, 0.29) is 24.2 Å². The minimum absolute atomic E-state index is 0.125. The second-order valence-electron chi connectivity index (χ2n) is 3.66. The second-order valence-corrected chi connectivity index (χ2v) is 5.08. The third-order valence-corrected chi connectivity index (χ3v) is 3.30. The van der Waals surface area contributed by atoms with Crippen molar-refractivity contribution in [1.82, 2.24) is 0 Å². The Labute approximate surface area is 105 Å². The number of thioether (sulfide) groups is 1. The van der Waals surface area contributed by atoms with Crippen molar-refractivity contribution in [3.8, 4) is 11.8 Å². The van der Waals surface area contributed by atoms with Gasteiger partial charge in [0.2, 0.25) is 0 Å². The van der Waals surface area contributed by atoms with Crippen molar-refractivity contribution in [1.29, 1.82) is 0 Å². The Morgan fingerprint density at radius 2 is 2.24 bits per heavy atom. The SMILES string of the molecule is CC(CO)SCc1cc(F)cc(C#CCN)c1. The summed E-state index contributed by atoms with van der Waals surface area (Å²) >= 11 is 1.58. The normalized spacial score (nSPS) is 11.8. The van der Waals surface area contributed by atoms with Crippen LogP contribution in [0.5, 0.6) is 0 Å². The maximum atomic E-state index is 13.3. The Kier molecular flexibility index (Phi) is 6.06. The van der Waals surface area contributed by atoms with E-state index in [4.69, 9.17) is 10.8 Å². The van der Waals surface area contributed by atoms with Gasteiger partial charge in [-0.05, 0) is 23.8 Å². The highest BCUT2D eigenvalue weighted by atomic mass is 32.2. The summed E-state index contributed by atoms with van der Waals surface area (Å²) in [4.78, 5) is 0. The highest BCUT2D eigenvalue weighted by molar-refractivity contribution is 7.99. The molecule has 0 saturated heterocycles. The van der Waals surface area contributed by atoms with Gasteiger partial charge in [-0.1, -0.05) is 18.8 Å². The first kappa shape index (κ1) is 14.0. The molecule has 1 unspecified atom stereocenters. The lowest BCUT2D eigenvalue weighted by Gasteiger charge is -2.07. The molecule has 0 aliphatic heterocycles. The van der Waals surface area contributed by atoms with Crippen LogP contribution in [0.25, 0.3) is 0 Å². The molecule has 0 aliphatic carbocycles. The molecule has 2 nitrogen and oxygen atoms in total. The molecule has 0 aliphatic rings. The smallest absolute Gasteiger partial charge is 0.124 e. The summed E-state index contributed by atoms with van der Waals surface area (Å²) in [6.07, 6.45) is 0. The lowest BCUT2D eigenvalue weighted by atomic mass is 10.1. The van der Waals surface area contributed by atoms with Gasteiger partial charge in [-0.3, -0.25) is 0 Å². The molecular weight excluding hydrogens is 237 g/mol. The number of hydrogen-bond donors (Lipinski definition) is 2. The van der Waals surface area contributed by atoms with Crippen molar-refractivity contribution >= 4 is 11.8 Å². The highest BCUT2D eigenvalue weighted by Gasteiger charge is 2.03. The van der Waals surface area contributed by atoms with Crippen LogP contribution in [0.3, 0.4) is 0 Å². The molecule has 1 aromatic rings. The molecule has 1 atom stereocenters. The summed E-state index contributed by atoms with van der Waals surface area (Å²) < 4.78 is 13.3. The Hall–Kier alpha value is -1.02. The molecule has 3 N–H and O–H groups in total. The maximum absolute atomic E-state index is 13.3. The van der Waals surface area contributed by atoms with Gasteiger partial charge in [0.05, 0.1) is 13.2 Å². The molecule has 0 fully saturated rings. The summed E-state index contributed by atoms with van der Waals surface area (Å²) in [5, 5.41) is 9.06. The van der Waals surface area contributed by atoms with Crippen molar-refractivity contribution < 1.29 is 9.50 Å². The van der Waals surface area contributed by atoms with E-state index in [1.54, 1.807) is 11.8 Å². The number of aliphatic hydroxyl groups excluding tert-OH is 1. The van der Waals surface area contributed by atoms with Crippen LogP contribution in [0.1, 0.15) is 18.1 Å². The van der Waals surface area contributed by atoms with Crippen LogP contribution in [0.15, 0.2) is 18.2 Å². The quantitative estimate of drug-likeness (QED) is 0.804. The van der Waals surface area contributed by atoms with Gasteiger partial charge in [0.15, 0.2) is 0 Å². The molecule has 1 aromatic carbocycles. The molecule has 0 amide bonds. The van der Waals surface area contributed by atoms with E-state index in [9.17, 15) is 4.39 Å². The van der Waals surface area contributed by atoms with Crippen LogP contribution < -0.4 is 5.73 Å². The van der Waals surface area contributed by atoms with Crippen LogP contribution in [0.2, 0.25) is 0 Å². The molecule has 4 heteroatoms. The molecule has 0 aromatic heterocycles. The third kappa shape index (κ3) is 5.22. The topological polar surface area (TPSA) is 46.2 Å². The van der Waals surface area contributed by atoms with E-state index < -0.39 is 0 Å². The lowest BCUT2D eigenvalue weighted by Crippen LogP contribution is -2.02. The minimum atomic E-state index is -0.291. The molecule has 0 saturated carbocycles. The van der Waals surface area contributed by atoms with Crippen molar-refractivity contribution in [2.45, 2.75) is 17.9 Å². The maximum Gasteiger partial charge on any atom is 0.124 e. The van der Waals surface area contributed by atoms with E-state index in [2.05, 4.69) is 11.8 Å². The molecule has 0 bridgehead atoms.